The van der Waals surface area contributed by atoms with E-state index in [1.807, 2.05) is 37.3 Å². The van der Waals surface area contributed by atoms with Gasteiger partial charge in [0.25, 0.3) is 5.91 Å². The monoisotopic (exact) mass is 391 g/mol. The summed E-state index contributed by atoms with van der Waals surface area (Å²) in [6, 6.07) is 15.5. The van der Waals surface area contributed by atoms with Crippen LogP contribution in [0.25, 0.3) is 0 Å². The number of carbonyl (C=O) groups excluding carboxylic acids is 2. The summed E-state index contributed by atoms with van der Waals surface area (Å²) in [5.74, 6) is -1.14. The van der Waals surface area contributed by atoms with Gasteiger partial charge in [0.1, 0.15) is 5.75 Å². The third-order valence-corrected chi connectivity index (χ3v) is 4.12. The Hall–Kier alpha value is -2.96. The van der Waals surface area contributed by atoms with Crippen molar-refractivity contribution in [1.82, 2.24) is 5.32 Å². The van der Waals surface area contributed by atoms with Gasteiger partial charge >= 0.3 is 12.6 Å². The smallest absolute Gasteiger partial charge is 0.387 e. The maximum absolute atomic E-state index is 12.2. The summed E-state index contributed by atoms with van der Waals surface area (Å²) in [4.78, 5) is 24.1. The van der Waals surface area contributed by atoms with Crippen molar-refractivity contribution in [1.29, 1.82) is 0 Å². The van der Waals surface area contributed by atoms with Gasteiger partial charge < -0.3 is 14.8 Å². The first-order valence-electron chi connectivity index (χ1n) is 9.01. The second-order valence-corrected chi connectivity index (χ2v) is 6.10. The molecule has 0 aliphatic rings. The number of hydrogen-bond acceptors (Lipinski definition) is 4. The molecule has 0 saturated heterocycles. The Morgan fingerprint density at radius 1 is 1.04 bits per heavy atom. The van der Waals surface area contributed by atoms with Gasteiger partial charge in [0, 0.05) is 6.54 Å². The van der Waals surface area contributed by atoms with Crippen molar-refractivity contribution < 1.29 is 27.8 Å². The molecule has 2 aromatic rings. The van der Waals surface area contributed by atoms with Gasteiger partial charge in [-0.3, -0.25) is 9.59 Å². The van der Waals surface area contributed by atoms with Crippen LogP contribution < -0.4 is 10.1 Å². The van der Waals surface area contributed by atoms with E-state index in [4.69, 9.17) is 4.74 Å². The molecule has 0 saturated carbocycles. The Kier molecular flexibility index (Phi) is 8.39. The van der Waals surface area contributed by atoms with Crippen molar-refractivity contribution in [3.8, 4) is 5.75 Å². The minimum atomic E-state index is -2.86. The topological polar surface area (TPSA) is 64.6 Å². The van der Waals surface area contributed by atoms with Gasteiger partial charge in [-0.1, -0.05) is 49.4 Å². The number of nitrogens with one attached hydrogen (secondary N) is 1. The summed E-state index contributed by atoms with van der Waals surface area (Å²) in [6.45, 7) is -0.983. The fourth-order valence-corrected chi connectivity index (χ4v) is 2.70. The molecule has 0 aliphatic carbocycles. The van der Waals surface area contributed by atoms with Crippen LogP contribution in [-0.4, -0.2) is 31.6 Å². The first-order valence-corrected chi connectivity index (χ1v) is 9.01. The minimum absolute atomic E-state index is 0.0820. The largest absolute Gasteiger partial charge is 0.455 e. The van der Waals surface area contributed by atoms with Gasteiger partial charge in [-0.25, -0.2) is 0 Å². The van der Waals surface area contributed by atoms with Gasteiger partial charge in [0.15, 0.2) is 6.61 Å². The van der Waals surface area contributed by atoms with Crippen LogP contribution in [0, 0.1) is 0 Å². The van der Waals surface area contributed by atoms with Crippen LogP contribution in [0.2, 0.25) is 0 Å². The maximum Gasteiger partial charge on any atom is 0.387 e. The first kappa shape index (κ1) is 21.3. The fraction of sp³-hybridized carbons (Fsp3) is 0.333. The van der Waals surface area contributed by atoms with Gasteiger partial charge in [-0.2, -0.15) is 8.78 Å². The van der Waals surface area contributed by atoms with Gasteiger partial charge in [-0.15, -0.1) is 0 Å². The molecule has 1 atom stereocenters. The number of amides is 1. The van der Waals surface area contributed by atoms with Crippen molar-refractivity contribution in [3.05, 3.63) is 65.7 Å². The normalized spacial score (nSPS) is 11.7. The number of esters is 1. The maximum atomic E-state index is 12.2. The summed E-state index contributed by atoms with van der Waals surface area (Å²) in [5.41, 5.74) is 1.71. The van der Waals surface area contributed by atoms with E-state index in [9.17, 15) is 18.4 Å². The molecule has 0 aromatic heterocycles. The van der Waals surface area contributed by atoms with Crippen molar-refractivity contribution in [2.45, 2.75) is 32.3 Å². The zero-order chi connectivity index (χ0) is 20.4. The van der Waals surface area contributed by atoms with E-state index in [0.717, 1.165) is 11.1 Å². The highest BCUT2D eigenvalue weighted by molar-refractivity contribution is 5.83. The summed E-state index contributed by atoms with van der Waals surface area (Å²) >= 11 is 0. The molecule has 2 aromatic carbocycles. The molecule has 0 heterocycles. The van der Waals surface area contributed by atoms with E-state index in [0.29, 0.717) is 19.4 Å². The van der Waals surface area contributed by atoms with E-state index in [1.54, 1.807) is 12.1 Å². The molecule has 1 N–H and O–H groups in total. The van der Waals surface area contributed by atoms with Crippen molar-refractivity contribution in [2.75, 3.05) is 13.2 Å². The number of hydrogen-bond donors (Lipinski definition) is 1. The number of halogens is 2. The lowest BCUT2D eigenvalue weighted by atomic mass is 9.97. The van der Waals surface area contributed by atoms with Crippen molar-refractivity contribution in [2.24, 2.45) is 0 Å². The summed E-state index contributed by atoms with van der Waals surface area (Å²) in [6.07, 6.45) is 1.09. The molecule has 1 amide bonds. The molecule has 2 rings (SSSR count). The Morgan fingerprint density at radius 2 is 1.71 bits per heavy atom. The minimum Gasteiger partial charge on any atom is -0.455 e. The van der Waals surface area contributed by atoms with E-state index < -0.39 is 24.4 Å². The number of alkyl halides is 2. The van der Waals surface area contributed by atoms with Gasteiger partial charge in [0.2, 0.25) is 0 Å². The number of carbonyl (C=O) groups is 2. The van der Waals surface area contributed by atoms with Crippen LogP contribution in [0.4, 0.5) is 8.78 Å². The third kappa shape index (κ3) is 6.98. The molecule has 0 unspecified atom stereocenters. The summed E-state index contributed by atoms with van der Waals surface area (Å²) < 4.78 is 33.6. The predicted octanol–water partition coefficient (Wildman–Crippen LogP) is 3.68. The molecule has 5 nitrogen and oxygen atoms in total. The number of benzene rings is 2. The van der Waals surface area contributed by atoms with Crippen LogP contribution in [0.5, 0.6) is 5.75 Å². The highest BCUT2D eigenvalue weighted by Gasteiger charge is 2.20. The average molecular weight is 391 g/mol. The molecule has 0 spiro atoms. The third-order valence-electron chi connectivity index (χ3n) is 4.12. The molecular formula is C21H23F2NO4. The van der Waals surface area contributed by atoms with Crippen LogP contribution in [-0.2, 0) is 20.7 Å². The van der Waals surface area contributed by atoms with Crippen LogP contribution in [0.1, 0.15) is 30.4 Å². The molecular weight excluding hydrogens is 368 g/mol. The zero-order valence-electron chi connectivity index (χ0n) is 15.6. The fourth-order valence-electron chi connectivity index (χ4n) is 2.70. The number of ether oxygens (including phenoxy) is 2. The lowest BCUT2D eigenvalue weighted by Crippen LogP contribution is -2.31. The Bertz CT molecular complexity index is 751. The van der Waals surface area contributed by atoms with E-state index in [1.165, 1.54) is 12.1 Å². The zero-order valence-corrected chi connectivity index (χ0v) is 15.6. The summed E-state index contributed by atoms with van der Waals surface area (Å²) in [5, 5.41) is 2.66. The summed E-state index contributed by atoms with van der Waals surface area (Å²) in [7, 11) is 0. The van der Waals surface area contributed by atoms with E-state index >= 15 is 0 Å². The second-order valence-electron chi connectivity index (χ2n) is 6.10. The molecule has 0 fully saturated rings. The van der Waals surface area contributed by atoms with Crippen molar-refractivity contribution in [3.63, 3.8) is 0 Å². The predicted molar refractivity (Wildman–Crippen MR) is 100 cm³/mol. The Balaban J connectivity index is 1.71. The Morgan fingerprint density at radius 3 is 2.32 bits per heavy atom. The molecule has 0 bridgehead atoms. The molecule has 150 valence electrons. The van der Waals surface area contributed by atoms with E-state index in [2.05, 4.69) is 10.1 Å². The van der Waals surface area contributed by atoms with Gasteiger partial charge in [0.05, 0.1) is 5.92 Å². The average Bonchev–Trinajstić information content (AvgIpc) is 2.69. The number of rotatable bonds is 10. The van der Waals surface area contributed by atoms with Crippen molar-refractivity contribution >= 4 is 11.9 Å². The highest BCUT2D eigenvalue weighted by Crippen LogP contribution is 2.20. The SMILES string of the molecule is CC[C@H](C(=O)OCC(=O)NCCc1ccc(OC(F)F)cc1)c1ccccc1. The molecule has 0 radical (unpaired) electrons. The van der Waals surface area contributed by atoms with Crippen LogP contribution in [0.15, 0.2) is 54.6 Å². The standard InChI is InChI=1S/C21H23F2NO4/c1-2-18(16-6-4-3-5-7-16)20(26)27-14-19(25)24-13-12-15-8-10-17(11-9-15)28-21(22)23/h3-11,18,21H,2,12-14H2,1H3,(H,24,25)/t18-/m0/s1. The molecule has 7 heteroatoms. The second kappa shape index (κ2) is 11.0. The van der Waals surface area contributed by atoms with E-state index in [-0.39, 0.29) is 12.4 Å². The van der Waals surface area contributed by atoms with Crippen LogP contribution >= 0.6 is 0 Å². The van der Waals surface area contributed by atoms with Crippen LogP contribution in [0.3, 0.4) is 0 Å². The lowest BCUT2D eigenvalue weighted by Gasteiger charge is -2.14. The highest BCUT2D eigenvalue weighted by atomic mass is 19.3. The quantitative estimate of drug-likeness (QED) is 0.628. The Labute approximate surface area is 162 Å². The molecule has 28 heavy (non-hydrogen) atoms. The first-order chi connectivity index (χ1) is 13.5. The molecule has 0 aliphatic heterocycles. The van der Waals surface area contributed by atoms with Gasteiger partial charge in [-0.05, 0) is 36.1 Å². The lowest BCUT2D eigenvalue weighted by molar-refractivity contribution is -0.150.